The van der Waals surface area contributed by atoms with Crippen LogP contribution in [0.15, 0.2) is 0 Å². The maximum absolute atomic E-state index is 11.3. The first kappa shape index (κ1) is 48.7. The number of aliphatic carboxylic acids is 1. The third-order valence-electron chi connectivity index (χ3n) is 6.37. The maximum Gasteiger partial charge on any atom is 0.306 e. The zero-order valence-electron chi connectivity index (χ0n) is 29.2. The van der Waals surface area contributed by atoms with Gasteiger partial charge in [-0.3, -0.25) is 9.59 Å². The van der Waals surface area contributed by atoms with Crippen LogP contribution in [0.3, 0.4) is 0 Å². The first-order valence-electron chi connectivity index (χ1n) is 17.5. The number of carbonyl (C=O) groups excluding carboxylic acids is 1. The molecule has 0 radical (unpaired) electrons. The highest BCUT2D eigenvalue weighted by atomic mass is 16.5. The van der Waals surface area contributed by atoms with Gasteiger partial charge in [-0.1, -0.05) is 129 Å². The van der Waals surface area contributed by atoms with Crippen molar-refractivity contribution in [2.24, 2.45) is 0 Å². The second kappa shape index (κ2) is 42.9. The van der Waals surface area contributed by atoms with Crippen molar-refractivity contribution < 1.29 is 39.9 Å². The Bertz CT molecular complexity index is 516. The minimum absolute atomic E-state index is 0.0280. The van der Waals surface area contributed by atoms with E-state index in [2.05, 4.69) is 13.8 Å². The van der Waals surface area contributed by atoms with Crippen LogP contribution in [0.25, 0.3) is 0 Å². The predicted octanol–water partition coefficient (Wildman–Crippen LogP) is 8.35. The third kappa shape index (κ3) is 64.7. The summed E-state index contributed by atoms with van der Waals surface area (Å²) in [4.78, 5) is 21.5. The molecule has 0 aromatic rings. The van der Waals surface area contributed by atoms with E-state index in [1.165, 1.54) is 123 Å². The Kier molecular flexibility index (Phi) is 48.6. The SMILES string of the molecule is CC(O)CO.CC(O)CO.CCCCCCCCCCCC(=O)O.CCCCCCCCCCCCCC(=O)OC(C)C. The van der Waals surface area contributed by atoms with E-state index in [0.29, 0.717) is 12.8 Å². The molecule has 0 saturated carbocycles. The molecule has 2 atom stereocenters. The molecule has 8 heteroatoms. The van der Waals surface area contributed by atoms with Gasteiger partial charge in [-0.05, 0) is 40.5 Å². The van der Waals surface area contributed by atoms with Crippen LogP contribution in [-0.2, 0) is 14.3 Å². The molecular formula is C35H74O8. The molecule has 0 bridgehead atoms. The Morgan fingerprint density at radius 3 is 1.00 bits per heavy atom. The molecule has 0 aromatic carbocycles. The summed E-state index contributed by atoms with van der Waals surface area (Å²) in [6.07, 6.45) is 25.4. The monoisotopic (exact) mass is 623 g/mol. The molecule has 8 nitrogen and oxygen atoms in total. The molecule has 0 fully saturated rings. The lowest BCUT2D eigenvalue weighted by molar-refractivity contribution is -0.147. The van der Waals surface area contributed by atoms with E-state index >= 15 is 0 Å². The van der Waals surface area contributed by atoms with Crippen molar-refractivity contribution in [1.82, 2.24) is 0 Å². The van der Waals surface area contributed by atoms with Crippen molar-refractivity contribution in [2.75, 3.05) is 13.2 Å². The molecule has 2 unspecified atom stereocenters. The summed E-state index contributed by atoms with van der Waals surface area (Å²) in [5.74, 6) is -0.695. The van der Waals surface area contributed by atoms with Crippen LogP contribution in [0, 0.1) is 0 Å². The van der Waals surface area contributed by atoms with Gasteiger partial charge < -0.3 is 30.3 Å². The van der Waals surface area contributed by atoms with E-state index < -0.39 is 18.2 Å². The Labute approximate surface area is 266 Å². The Morgan fingerprint density at radius 2 is 0.767 bits per heavy atom. The summed E-state index contributed by atoms with van der Waals surface area (Å²) in [5.41, 5.74) is 0. The largest absolute Gasteiger partial charge is 0.481 e. The van der Waals surface area contributed by atoms with Gasteiger partial charge in [0.1, 0.15) is 0 Å². The summed E-state index contributed by atoms with van der Waals surface area (Å²) in [6, 6.07) is 0. The number of unbranched alkanes of at least 4 members (excludes halogenated alkanes) is 18. The lowest BCUT2D eigenvalue weighted by Gasteiger charge is -2.07. The highest BCUT2D eigenvalue weighted by Gasteiger charge is 2.04. The van der Waals surface area contributed by atoms with Crippen molar-refractivity contribution in [3.63, 3.8) is 0 Å². The predicted molar refractivity (Wildman–Crippen MR) is 179 cm³/mol. The first-order chi connectivity index (χ1) is 20.5. The van der Waals surface area contributed by atoms with Crippen molar-refractivity contribution in [3.8, 4) is 0 Å². The number of esters is 1. The summed E-state index contributed by atoms with van der Waals surface area (Å²) >= 11 is 0. The van der Waals surface area contributed by atoms with Gasteiger partial charge >= 0.3 is 11.9 Å². The number of hydrogen-bond acceptors (Lipinski definition) is 7. The Hall–Kier alpha value is -1.22. The number of aliphatic hydroxyl groups is 4. The molecule has 0 heterocycles. The van der Waals surface area contributed by atoms with Gasteiger partial charge in [0.25, 0.3) is 0 Å². The molecule has 262 valence electrons. The standard InChI is InChI=1S/C17H34O2.C12H24O2.2C3H8O2/c1-4-5-6-7-8-9-10-11-12-13-14-15-17(18)19-16(2)3;1-2-3-4-5-6-7-8-9-10-11-12(13)14;2*1-3(5)2-4/h16H,4-15H2,1-3H3;2-11H2,1H3,(H,13,14);2*3-5H,2H2,1H3. The van der Waals surface area contributed by atoms with Crippen LogP contribution >= 0.6 is 0 Å². The summed E-state index contributed by atoms with van der Waals surface area (Å²) < 4.78 is 5.10. The highest BCUT2D eigenvalue weighted by molar-refractivity contribution is 5.69. The smallest absolute Gasteiger partial charge is 0.306 e. The molecule has 43 heavy (non-hydrogen) atoms. The van der Waals surface area contributed by atoms with Crippen molar-refractivity contribution in [2.45, 2.75) is 201 Å². The molecule has 0 saturated heterocycles. The van der Waals surface area contributed by atoms with Gasteiger partial charge in [-0.15, -0.1) is 0 Å². The molecular weight excluding hydrogens is 548 g/mol. The lowest BCUT2D eigenvalue weighted by atomic mass is 10.1. The van der Waals surface area contributed by atoms with E-state index in [1.807, 2.05) is 13.8 Å². The van der Waals surface area contributed by atoms with Crippen molar-refractivity contribution in [3.05, 3.63) is 0 Å². The number of aliphatic hydroxyl groups excluding tert-OH is 4. The van der Waals surface area contributed by atoms with Crippen LogP contribution in [0.4, 0.5) is 0 Å². The molecule has 0 amide bonds. The molecule has 0 aliphatic rings. The van der Waals surface area contributed by atoms with Gasteiger partial charge in [0.05, 0.1) is 31.5 Å². The fourth-order valence-electron chi connectivity index (χ4n) is 3.84. The quantitative estimate of drug-likeness (QED) is 0.0504. The maximum atomic E-state index is 11.3. The van der Waals surface area contributed by atoms with Gasteiger partial charge in [0.15, 0.2) is 0 Å². The van der Waals surface area contributed by atoms with Gasteiger partial charge in [-0.2, -0.15) is 0 Å². The van der Waals surface area contributed by atoms with Crippen LogP contribution in [0.5, 0.6) is 0 Å². The Morgan fingerprint density at radius 1 is 0.512 bits per heavy atom. The minimum atomic E-state index is -0.659. The van der Waals surface area contributed by atoms with Crippen LogP contribution in [0.1, 0.15) is 183 Å². The number of carboxylic acid groups (broad SMARTS) is 1. The molecule has 0 spiro atoms. The van der Waals surface area contributed by atoms with Crippen molar-refractivity contribution in [1.29, 1.82) is 0 Å². The van der Waals surface area contributed by atoms with Gasteiger partial charge in [0.2, 0.25) is 0 Å². The second-order valence-corrected chi connectivity index (χ2v) is 11.9. The van der Waals surface area contributed by atoms with E-state index in [-0.39, 0.29) is 25.3 Å². The average Bonchev–Trinajstić information content (AvgIpc) is 2.95. The number of hydrogen-bond donors (Lipinski definition) is 5. The van der Waals surface area contributed by atoms with E-state index in [9.17, 15) is 9.59 Å². The number of ether oxygens (including phenoxy) is 1. The lowest BCUT2D eigenvalue weighted by Crippen LogP contribution is -2.10. The number of rotatable bonds is 25. The molecule has 0 aliphatic heterocycles. The number of carbonyl (C=O) groups is 2. The Balaban J connectivity index is -0.000000275. The zero-order chi connectivity index (χ0) is 33.6. The minimum Gasteiger partial charge on any atom is -0.481 e. The summed E-state index contributed by atoms with van der Waals surface area (Å²) in [5, 5.41) is 40.4. The van der Waals surface area contributed by atoms with E-state index in [1.54, 1.807) is 0 Å². The zero-order valence-corrected chi connectivity index (χ0v) is 29.2. The van der Waals surface area contributed by atoms with E-state index in [4.69, 9.17) is 30.3 Å². The molecule has 5 N–H and O–H groups in total. The third-order valence-corrected chi connectivity index (χ3v) is 6.37. The molecule has 0 aliphatic carbocycles. The number of carboxylic acids is 1. The summed E-state index contributed by atoms with van der Waals surface area (Å²) in [6.45, 7) is 11.1. The van der Waals surface area contributed by atoms with Crippen molar-refractivity contribution >= 4 is 11.9 Å². The highest BCUT2D eigenvalue weighted by Crippen LogP contribution is 2.12. The fraction of sp³-hybridized carbons (Fsp3) is 0.943. The van der Waals surface area contributed by atoms with Gasteiger partial charge in [-0.25, -0.2) is 0 Å². The van der Waals surface area contributed by atoms with E-state index in [0.717, 1.165) is 19.3 Å². The molecule has 0 aromatic heterocycles. The second-order valence-electron chi connectivity index (χ2n) is 11.9. The fourth-order valence-corrected chi connectivity index (χ4v) is 3.84. The first-order valence-corrected chi connectivity index (χ1v) is 17.5. The van der Waals surface area contributed by atoms with Crippen LogP contribution in [0.2, 0.25) is 0 Å². The topological polar surface area (TPSA) is 145 Å². The normalized spacial score (nSPS) is 11.7. The van der Waals surface area contributed by atoms with Crippen LogP contribution < -0.4 is 0 Å². The van der Waals surface area contributed by atoms with Gasteiger partial charge in [0, 0.05) is 12.8 Å². The average molecular weight is 623 g/mol. The molecule has 0 rings (SSSR count). The summed E-state index contributed by atoms with van der Waals surface area (Å²) in [7, 11) is 0. The van der Waals surface area contributed by atoms with Crippen LogP contribution in [-0.4, -0.2) is 69.0 Å².